The molecule has 2 aliphatic heterocycles. The van der Waals surface area contributed by atoms with Crippen LogP contribution in [0.4, 0.5) is 5.82 Å². The summed E-state index contributed by atoms with van der Waals surface area (Å²) < 4.78 is 14.0. The molecule has 2 atom stereocenters. The van der Waals surface area contributed by atoms with Crippen molar-refractivity contribution in [2.24, 2.45) is 0 Å². The Balaban J connectivity index is 1.30. The summed E-state index contributed by atoms with van der Waals surface area (Å²) in [6.07, 6.45) is 0.811. The number of amides is 1. The zero-order chi connectivity index (χ0) is 32.8. The Morgan fingerprint density at radius 2 is 1.29 bits per heavy atom. The van der Waals surface area contributed by atoms with E-state index in [0.717, 1.165) is 29.8 Å². The molecule has 9 heteroatoms. The normalized spacial score (nSPS) is 19.1. The van der Waals surface area contributed by atoms with Crippen LogP contribution < -0.4 is 11.0 Å². The first-order valence-electron chi connectivity index (χ1n) is 16.4. The Hall–Kier alpha value is -4.93. The van der Waals surface area contributed by atoms with Crippen LogP contribution in [0.5, 0.6) is 0 Å². The number of aromatic nitrogens is 2. The number of carbonyl (C=O) groups is 1. The van der Waals surface area contributed by atoms with Crippen molar-refractivity contribution in [2.75, 3.05) is 51.3 Å². The van der Waals surface area contributed by atoms with Crippen molar-refractivity contribution in [2.45, 2.75) is 17.9 Å². The highest BCUT2D eigenvalue weighted by Gasteiger charge is 2.46. The Labute approximate surface area is 280 Å². The highest BCUT2D eigenvalue weighted by molar-refractivity contribution is 6.03. The second-order valence-corrected chi connectivity index (χ2v) is 12.2. The molecule has 4 aromatic carbocycles. The Morgan fingerprint density at radius 3 is 1.83 bits per heavy atom. The second kappa shape index (κ2) is 14.5. The van der Waals surface area contributed by atoms with Gasteiger partial charge in [0.25, 0.3) is 5.91 Å². The van der Waals surface area contributed by atoms with E-state index in [9.17, 15) is 9.59 Å². The molecular weight excluding hydrogens is 602 g/mol. The minimum Gasteiger partial charge on any atom is -0.379 e. The zero-order valence-corrected chi connectivity index (χ0v) is 26.7. The molecule has 0 aliphatic carbocycles. The van der Waals surface area contributed by atoms with E-state index < -0.39 is 17.5 Å². The number of hydrogen-bond donors (Lipinski definition) is 1. The van der Waals surface area contributed by atoms with Crippen molar-refractivity contribution in [3.63, 3.8) is 0 Å². The third-order valence-corrected chi connectivity index (χ3v) is 9.18. The van der Waals surface area contributed by atoms with Crippen molar-refractivity contribution in [3.05, 3.63) is 166 Å². The molecule has 7 rings (SSSR count). The molecule has 0 bridgehead atoms. The monoisotopic (exact) mass is 641 g/mol. The molecule has 244 valence electrons. The summed E-state index contributed by atoms with van der Waals surface area (Å²) in [5.41, 5.74) is 2.67. The van der Waals surface area contributed by atoms with Crippen LogP contribution in [-0.2, 0) is 15.0 Å². The van der Waals surface area contributed by atoms with Gasteiger partial charge in [-0.3, -0.25) is 19.2 Å². The van der Waals surface area contributed by atoms with Crippen molar-refractivity contribution >= 4 is 11.7 Å². The maximum Gasteiger partial charge on any atom is 0.351 e. The molecule has 1 aromatic heterocycles. The van der Waals surface area contributed by atoms with E-state index in [1.165, 1.54) is 0 Å². The highest BCUT2D eigenvalue weighted by Crippen LogP contribution is 2.44. The Morgan fingerprint density at radius 1 is 0.750 bits per heavy atom. The topological polar surface area (TPSA) is 88.9 Å². The summed E-state index contributed by atoms with van der Waals surface area (Å²) in [5, 5.41) is 2.76. The van der Waals surface area contributed by atoms with Crippen molar-refractivity contribution in [1.82, 2.24) is 19.4 Å². The van der Waals surface area contributed by atoms with Gasteiger partial charge in [-0.05, 0) is 34.9 Å². The van der Waals surface area contributed by atoms with Gasteiger partial charge in [0.05, 0.1) is 24.9 Å². The molecule has 9 nitrogen and oxygen atoms in total. The Kier molecular flexibility index (Phi) is 9.53. The van der Waals surface area contributed by atoms with Gasteiger partial charge in [0.2, 0.25) is 0 Å². The number of carbonyl (C=O) groups excluding carboxylic acids is 1. The molecule has 2 fully saturated rings. The molecule has 5 aromatic rings. The van der Waals surface area contributed by atoms with Crippen LogP contribution in [0.25, 0.3) is 0 Å². The molecule has 0 spiro atoms. The third-order valence-electron chi connectivity index (χ3n) is 9.18. The minimum atomic E-state index is -0.685. The molecule has 0 saturated carbocycles. The summed E-state index contributed by atoms with van der Waals surface area (Å²) in [6.45, 7) is 4.74. The molecule has 48 heavy (non-hydrogen) atoms. The number of nitrogens with zero attached hydrogens (tertiary/aromatic N) is 4. The summed E-state index contributed by atoms with van der Waals surface area (Å²) in [6, 6.07) is 42.2. The van der Waals surface area contributed by atoms with Gasteiger partial charge in [-0.25, -0.2) is 4.79 Å². The number of benzene rings is 4. The fraction of sp³-hybridized carbons (Fsp3) is 0.256. The van der Waals surface area contributed by atoms with Crippen LogP contribution in [0, 0.1) is 0 Å². The third kappa shape index (κ3) is 6.58. The van der Waals surface area contributed by atoms with Crippen molar-refractivity contribution < 1.29 is 14.3 Å². The van der Waals surface area contributed by atoms with Gasteiger partial charge in [-0.2, -0.15) is 4.98 Å². The summed E-state index contributed by atoms with van der Waals surface area (Å²) in [7, 11) is 0. The average molecular weight is 642 g/mol. The molecular formula is C39H39N5O4. The van der Waals surface area contributed by atoms with Gasteiger partial charge in [-0.15, -0.1) is 0 Å². The fourth-order valence-corrected chi connectivity index (χ4v) is 6.98. The lowest BCUT2D eigenvalue weighted by Crippen LogP contribution is -2.59. The maximum absolute atomic E-state index is 13.7. The summed E-state index contributed by atoms with van der Waals surface area (Å²) in [4.78, 5) is 35.6. The predicted molar refractivity (Wildman–Crippen MR) is 185 cm³/mol. The zero-order valence-electron chi connectivity index (χ0n) is 26.7. The van der Waals surface area contributed by atoms with E-state index in [-0.39, 0.29) is 17.8 Å². The van der Waals surface area contributed by atoms with Gasteiger partial charge in [0.15, 0.2) is 6.23 Å². The Bertz CT molecular complexity index is 1750. The van der Waals surface area contributed by atoms with Gasteiger partial charge >= 0.3 is 5.69 Å². The fourth-order valence-electron chi connectivity index (χ4n) is 6.98. The molecule has 2 unspecified atom stereocenters. The molecule has 1 N–H and O–H groups in total. The molecule has 0 radical (unpaired) electrons. The number of anilines is 1. The number of ether oxygens (including phenoxy) is 2. The van der Waals surface area contributed by atoms with Crippen molar-refractivity contribution in [3.8, 4) is 0 Å². The van der Waals surface area contributed by atoms with Crippen LogP contribution >= 0.6 is 0 Å². The van der Waals surface area contributed by atoms with E-state index in [4.69, 9.17) is 9.47 Å². The lowest BCUT2D eigenvalue weighted by atomic mass is 9.75. The van der Waals surface area contributed by atoms with E-state index >= 15 is 0 Å². The number of hydrogen-bond acceptors (Lipinski definition) is 7. The first-order chi connectivity index (χ1) is 23.6. The summed E-state index contributed by atoms with van der Waals surface area (Å²) >= 11 is 0. The lowest BCUT2D eigenvalue weighted by Gasteiger charge is -2.51. The highest BCUT2D eigenvalue weighted by atomic mass is 16.5. The van der Waals surface area contributed by atoms with Crippen molar-refractivity contribution in [1.29, 1.82) is 0 Å². The number of nitrogens with one attached hydrogen (secondary N) is 1. The van der Waals surface area contributed by atoms with Gasteiger partial charge in [0.1, 0.15) is 5.82 Å². The largest absolute Gasteiger partial charge is 0.379 e. The van der Waals surface area contributed by atoms with Crippen LogP contribution in [-0.4, -0.2) is 77.3 Å². The van der Waals surface area contributed by atoms with Crippen LogP contribution in [0.15, 0.2) is 138 Å². The quantitative estimate of drug-likeness (QED) is 0.226. The van der Waals surface area contributed by atoms with Gasteiger partial charge in [-0.1, -0.05) is 109 Å². The smallest absolute Gasteiger partial charge is 0.351 e. The van der Waals surface area contributed by atoms with E-state index in [1.54, 1.807) is 41.1 Å². The van der Waals surface area contributed by atoms with E-state index in [1.807, 2.05) is 24.3 Å². The SMILES string of the molecule is O=C(Nc1ccn(C2CN(C(c3ccccc3)(c3ccccc3)c3ccccc3)CC(CN3CCOCC3)O2)c(=O)n1)c1ccccc1. The second-order valence-electron chi connectivity index (χ2n) is 12.2. The summed E-state index contributed by atoms with van der Waals surface area (Å²) in [5.74, 6) is -0.140. The molecule has 3 heterocycles. The first-order valence-corrected chi connectivity index (χ1v) is 16.4. The lowest BCUT2D eigenvalue weighted by molar-refractivity contribution is -0.148. The minimum absolute atomic E-state index is 0.190. The maximum atomic E-state index is 13.7. The van der Waals surface area contributed by atoms with Crippen LogP contribution in [0.2, 0.25) is 0 Å². The van der Waals surface area contributed by atoms with Gasteiger partial charge in [0, 0.05) is 44.5 Å². The number of morpholine rings is 2. The molecule has 2 aliphatic rings. The van der Waals surface area contributed by atoms with Gasteiger partial charge < -0.3 is 14.8 Å². The number of rotatable bonds is 9. The molecule has 1 amide bonds. The standard InChI is InChI=1S/C39H39N5O4/c45-37(30-13-5-1-6-14-30)40-35-21-22-44(38(46)41-35)36-29-43(28-34(48-36)27-42-23-25-47-26-24-42)39(31-15-7-2-8-16-31,32-17-9-3-10-18-32)33-19-11-4-12-20-33/h1-22,34,36H,23-29H2,(H,40,41,45,46). The van der Waals surface area contributed by atoms with Crippen LogP contribution in [0.1, 0.15) is 33.3 Å². The van der Waals surface area contributed by atoms with E-state index in [0.29, 0.717) is 38.4 Å². The van der Waals surface area contributed by atoms with E-state index in [2.05, 4.69) is 92.9 Å². The first kappa shape index (κ1) is 31.7. The van der Waals surface area contributed by atoms with Crippen LogP contribution in [0.3, 0.4) is 0 Å². The average Bonchev–Trinajstić information content (AvgIpc) is 3.14. The molecule has 2 saturated heterocycles. The predicted octanol–water partition coefficient (Wildman–Crippen LogP) is 5.02.